The summed E-state index contributed by atoms with van der Waals surface area (Å²) in [5, 5.41) is 11.1. The van der Waals surface area contributed by atoms with Gasteiger partial charge in [-0.15, -0.1) is 0 Å². The largest absolute Gasteiger partial charge is 0.543 e. The molecule has 1 aromatic carbocycles. The molecule has 1 aromatic heterocycles. The number of nitrogens with zero attached hydrogens (tertiary/aromatic N) is 1. The van der Waals surface area contributed by atoms with E-state index in [1.807, 2.05) is 12.1 Å². The van der Waals surface area contributed by atoms with Crippen molar-refractivity contribution in [2.75, 3.05) is 18.0 Å². The molecule has 136 valence electrons. The minimum absolute atomic E-state index is 0.0369. The third-order valence-electron chi connectivity index (χ3n) is 4.93. The number of hydrogen-bond acceptors (Lipinski definition) is 4. The highest BCUT2D eigenvalue weighted by Gasteiger charge is 2.16. The Hall–Kier alpha value is -2.82. The normalized spacial score (nSPS) is 14.8. The molecule has 1 fully saturated rings. The molecule has 0 aliphatic carbocycles. The highest BCUT2D eigenvalue weighted by molar-refractivity contribution is 6.10. The quantitative estimate of drug-likeness (QED) is 0.664. The fraction of sp³-hybridized carbons (Fsp3) is 0.333. The standard InChI is InChI=1S/C21H24N2O3/c1-14-19(15(2)22-20(14)21(25)26)18(24)11-8-16-6-9-17(10-7-16)23-12-4-3-5-13-23/h6-11,22H,3-5,12-13H2,1-2H3,(H,25,26)/p-1/b11-8+. The maximum atomic E-state index is 12.5. The predicted octanol–water partition coefficient (Wildman–Crippen LogP) is 2.88. The number of aromatic nitrogens is 1. The summed E-state index contributed by atoms with van der Waals surface area (Å²) in [6.45, 7) is 5.50. The Morgan fingerprint density at radius 2 is 1.73 bits per heavy atom. The number of carbonyl (C=O) groups is 2. The van der Waals surface area contributed by atoms with Crippen LogP contribution in [0.2, 0.25) is 0 Å². The zero-order valence-electron chi connectivity index (χ0n) is 15.2. The molecule has 1 N–H and O–H groups in total. The number of H-pyrrole nitrogens is 1. The van der Waals surface area contributed by atoms with Crippen molar-refractivity contribution in [1.82, 2.24) is 4.98 Å². The minimum Gasteiger partial charge on any atom is -0.543 e. The molecule has 1 saturated heterocycles. The molecule has 3 rings (SSSR count). The molecule has 26 heavy (non-hydrogen) atoms. The summed E-state index contributed by atoms with van der Waals surface area (Å²) in [7, 11) is 0. The zero-order chi connectivity index (χ0) is 18.7. The zero-order valence-corrected chi connectivity index (χ0v) is 15.2. The molecule has 0 saturated carbocycles. The van der Waals surface area contributed by atoms with Gasteiger partial charge in [-0.05, 0) is 62.4 Å². The summed E-state index contributed by atoms with van der Waals surface area (Å²) < 4.78 is 0. The number of benzene rings is 1. The number of carbonyl (C=O) groups excluding carboxylic acids is 2. The van der Waals surface area contributed by atoms with Crippen LogP contribution in [0.15, 0.2) is 30.3 Å². The third-order valence-corrected chi connectivity index (χ3v) is 4.93. The molecule has 0 amide bonds. The Balaban J connectivity index is 1.73. The van der Waals surface area contributed by atoms with Crippen LogP contribution < -0.4 is 10.0 Å². The topological polar surface area (TPSA) is 76.2 Å². The molecule has 2 heterocycles. The number of aryl methyl sites for hydroxylation is 1. The summed E-state index contributed by atoms with van der Waals surface area (Å²) in [6, 6.07) is 8.15. The average molecular weight is 351 g/mol. The highest BCUT2D eigenvalue weighted by Crippen LogP contribution is 2.22. The van der Waals surface area contributed by atoms with Gasteiger partial charge in [0, 0.05) is 30.0 Å². The molecule has 5 heteroatoms. The van der Waals surface area contributed by atoms with Gasteiger partial charge in [0.15, 0.2) is 5.78 Å². The Morgan fingerprint density at radius 1 is 1.08 bits per heavy atom. The van der Waals surface area contributed by atoms with Crippen LogP contribution in [0.5, 0.6) is 0 Å². The van der Waals surface area contributed by atoms with Gasteiger partial charge in [0.1, 0.15) is 0 Å². The van der Waals surface area contributed by atoms with Crippen LogP contribution in [0.1, 0.15) is 56.9 Å². The molecule has 0 spiro atoms. The number of rotatable bonds is 5. The molecule has 0 unspecified atom stereocenters. The lowest BCUT2D eigenvalue weighted by Gasteiger charge is -2.28. The van der Waals surface area contributed by atoms with E-state index >= 15 is 0 Å². The number of ketones is 1. The first kappa shape index (κ1) is 18.0. The van der Waals surface area contributed by atoms with E-state index in [0.29, 0.717) is 16.8 Å². The van der Waals surface area contributed by atoms with E-state index in [9.17, 15) is 14.7 Å². The second kappa shape index (κ2) is 7.60. The minimum atomic E-state index is -1.30. The molecule has 2 aromatic rings. The summed E-state index contributed by atoms with van der Waals surface area (Å²) in [6.07, 6.45) is 7.01. The number of nitrogens with one attached hydrogen (secondary N) is 1. The van der Waals surface area contributed by atoms with Crippen molar-refractivity contribution in [3.63, 3.8) is 0 Å². The van der Waals surface area contributed by atoms with Gasteiger partial charge in [0.25, 0.3) is 0 Å². The maximum absolute atomic E-state index is 12.5. The lowest BCUT2D eigenvalue weighted by Crippen LogP contribution is -2.29. The first-order valence-corrected chi connectivity index (χ1v) is 8.95. The fourth-order valence-corrected chi connectivity index (χ4v) is 3.53. The molecule has 5 nitrogen and oxygen atoms in total. The van der Waals surface area contributed by atoms with Gasteiger partial charge < -0.3 is 19.8 Å². The summed E-state index contributed by atoms with van der Waals surface area (Å²) in [5.74, 6) is -1.52. The van der Waals surface area contributed by atoms with Crippen LogP contribution in [0.25, 0.3) is 6.08 Å². The molecule has 0 radical (unpaired) electrons. The Morgan fingerprint density at radius 3 is 2.31 bits per heavy atom. The molecule has 0 atom stereocenters. The summed E-state index contributed by atoms with van der Waals surface area (Å²) >= 11 is 0. The second-order valence-electron chi connectivity index (χ2n) is 6.75. The van der Waals surface area contributed by atoms with Gasteiger partial charge >= 0.3 is 0 Å². The van der Waals surface area contributed by atoms with E-state index in [-0.39, 0.29) is 11.5 Å². The number of carboxylic acids is 1. The van der Waals surface area contributed by atoms with Gasteiger partial charge in [0.05, 0.1) is 11.7 Å². The number of allylic oxidation sites excluding steroid dienone is 1. The van der Waals surface area contributed by atoms with Gasteiger partial charge in [-0.3, -0.25) is 4.79 Å². The Bertz CT molecular complexity index is 841. The second-order valence-corrected chi connectivity index (χ2v) is 6.75. The smallest absolute Gasteiger partial charge is 0.187 e. The number of hydrogen-bond donors (Lipinski definition) is 1. The van der Waals surface area contributed by atoms with E-state index < -0.39 is 5.97 Å². The summed E-state index contributed by atoms with van der Waals surface area (Å²) in [4.78, 5) is 28.7. The van der Waals surface area contributed by atoms with E-state index in [1.165, 1.54) is 31.0 Å². The van der Waals surface area contributed by atoms with Crippen LogP contribution in [-0.2, 0) is 0 Å². The fourth-order valence-electron chi connectivity index (χ4n) is 3.53. The highest BCUT2D eigenvalue weighted by atomic mass is 16.4. The first-order valence-electron chi connectivity index (χ1n) is 8.95. The number of aromatic amines is 1. The van der Waals surface area contributed by atoms with Crippen molar-refractivity contribution in [2.24, 2.45) is 0 Å². The van der Waals surface area contributed by atoms with Crippen molar-refractivity contribution in [1.29, 1.82) is 0 Å². The summed E-state index contributed by atoms with van der Waals surface area (Å²) in [5.41, 5.74) is 3.46. The van der Waals surface area contributed by atoms with Gasteiger partial charge in [0.2, 0.25) is 0 Å². The Labute approximate surface area is 153 Å². The predicted molar refractivity (Wildman–Crippen MR) is 100 cm³/mol. The van der Waals surface area contributed by atoms with E-state index in [0.717, 1.165) is 18.7 Å². The van der Waals surface area contributed by atoms with Crippen molar-refractivity contribution in [3.05, 3.63) is 58.4 Å². The molecular weight excluding hydrogens is 328 g/mol. The number of carboxylic acid groups (broad SMARTS) is 1. The lowest BCUT2D eigenvalue weighted by atomic mass is 10.0. The molecule has 0 bridgehead atoms. The maximum Gasteiger partial charge on any atom is 0.187 e. The van der Waals surface area contributed by atoms with Crippen LogP contribution in [0.4, 0.5) is 5.69 Å². The van der Waals surface area contributed by atoms with Crippen molar-refractivity contribution >= 4 is 23.5 Å². The van der Waals surface area contributed by atoms with E-state index in [1.54, 1.807) is 19.9 Å². The molecule has 1 aliphatic heterocycles. The van der Waals surface area contributed by atoms with Gasteiger partial charge in [-0.2, -0.15) is 0 Å². The number of aromatic carboxylic acids is 1. The van der Waals surface area contributed by atoms with Crippen LogP contribution in [0, 0.1) is 13.8 Å². The Kier molecular flexibility index (Phi) is 5.26. The number of anilines is 1. The average Bonchev–Trinajstić information content (AvgIpc) is 2.95. The van der Waals surface area contributed by atoms with Crippen molar-refractivity contribution < 1.29 is 14.7 Å². The monoisotopic (exact) mass is 351 g/mol. The van der Waals surface area contributed by atoms with Crippen molar-refractivity contribution in [2.45, 2.75) is 33.1 Å². The lowest BCUT2D eigenvalue weighted by molar-refractivity contribution is -0.255. The molecule has 1 aliphatic rings. The number of piperidine rings is 1. The van der Waals surface area contributed by atoms with E-state index in [4.69, 9.17) is 0 Å². The molecular formula is C21H23N2O3-. The SMILES string of the molecule is Cc1[nH]c(C(=O)[O-])c(C)c1C(=O)/C=C/c1ccc(N2CCCCC2)cc1. The van der Waals surface area contributed by atoms with Gasteiger partial charge in [-0.25, -0.2) is 0 Å². The van der Waals surface area contributed by atoms with Gasteiger partial charge in [-0.1, -0.05) is 18.2 Å². The van der Waals surface area contributed by atoms with Crippen molar-refractivity contribution in [3.8, 4) is 0 Å². The first-order chi connectivity index (χ1) is 12.5. The van der Waals surface area contributed by atoms with Crippen LogP contribution in [-0.4, -0.2) is 29.8 Å². The van der Waals surface area contributed by atoms with E-state index in [2.05, 4.69) is 22.0 Å². The third kappa shape index (κ3) is 3.72. The van der Waals surface area contributed by atoms with Crippen LogP contribution >= 0.6 is 0 Å². The van der Waals surface area contributed by atoms with Crippen LogP contribution in [0.3, 0.4) is 0 Å².